The Kier molecular flexibility index (Phi) is 2.91. The molecule has 0 amide bonds. The van der Waals surface area contributed by atoms with Crippen molar-refractivity contribution in [2.45, 2.75) is 13.8 Å². The summed E-state index contributed by atoms with van der Waals surface area (Å²) in [5.41, 5.74) is 8.07. The van der Waals surface area contributed by atoms with Crippen molar-refractivity contribution in [1.82, 2.24) is 0 Å². The van der Waals surface area contributed by atoms with E-state index in [-0.39, 0.29) is 0 Å². The Hall–Kier alpha value is -1.43. The summed E-state index contributed by atoms with van der Waals surface area (Å²) in [4.78, 5) is 0. The van der Waals surface area contributed by atoms with Crippen LogP contribution in [-0.2, 0) is 0 Å². The molecule has 0 radical (unpaired) electrons. The lowest BCUT2D eigenvalue weighted by Crippen LogP contribution is -2.20. The first-order valence-corrected chi connectivity index (χ1v) is 5.73. The van der Waals surface area contributed by atoms with E-state index < -0.39 is 0 Å². The van der Waals surface area contributed by atoms with Gasteiger partial charge in [0, 0.05) is 0 Å². The highest BCUT2D eigenvalue weighted by molar-refractivity contribution is 6.40. The second-order valence-electron chi connectivity index (χ2n) is 4.60. The maximum absolute atomic E-state index is 2.27. The average Bonchev–Trinajstić information content (AvgIpc) is 2.26. The molecule has 0 atom stereocenters. The third-order valence-electron chi connectivity index (χ3n) is 3.31. The van der Waals surface area contributed by atoms with E-state index in [2.05, 4.69) is 65.9 Å². The van der Waals surface area contributed by atoms with Crippen molar-refractivity contribution >= 4 is 26.6 Å². The molecule has 2 aromatic carbocycles. The molecule has 0 spiro atoms. The van der Waals surface area contributed by atoms with Gasteiger partial charge in [0.25, 0.3) is 0 Å². The van der Waals surface area contributed by atoms with Crippen LogP contribution in [0.25, 0.3) is 11.1 Å². The standard InChI is InChI=1S/C14H16B2/c1-9-3-5-11(6-4-9)12-7-13(15)10(2)14(16)8-12/h3-8H,15-16H2,1-2H3. The topological polar surface area (TPSA) is 0 Å². The van der Waals surface area contributed by atoms with E-state index in [4.69, 9.17) is 0 Å². The molecule has 0 aliphatic rings. The lowest BCUT2D eigenvalue weighted by atomic mass is 9.79. The quantitative estimate of drug-likeness (QED) is 0.595. The second-order valence-corrected chi connectivity index (χ2v) is 4.60. The minimum Gasteiger partial charge on any atom is -0.0861 e. The third kappa shape index (κ3) is 2.06. The second kappa shape index (κ2) is 4.21. The molecule has 2 aromatic rings. The molecule has 16 heavy (non-hydrogen) atoms. The SMILES string of the molecule is Bc1cc(-c2ccc(C)cc2)cc(B)c1C. The molecule has 0 aliphatic heterocycles. The molecule has 2 heteroatoms. The van der Waals surface area contributed by atoms with Crippen molar-refractivity contribution in [2.24, 2.45) is 0 Å². The Morgan fingerprint density at radius 1 is 0.750 bits per heavy atom. The maximum atomic E-state index is 2.27. The van der Waals surface area contributed by atoms with Crippen LogP contribution in [0.5, 0.6) is 0 Å². The van der Waals surface area contributed by atoms with Crippen LogP contribution in [0, 0.1) is 13.8 Å². The van der Waals surface area contributed by atoms with Crippen molar-refractivity contribution in [3.8, 4) is 11.1 Å². The van der Waals surface area contributed by atoms with Crippen molar-refractivity contribution in [3.05, 3.63) is 47.5 Å². The molecule has 0 N–H and O–H groups in total. The molecular formula is C14H16B2. The molecule has 0 aliphatic carbocycles. The van der Waals surface area contributed by atoms with E-state index in [1.165, 1.54) is 33.2 Å². The van der Waals surface area contributed by atoms with E-state index in [1.54, 1.807) is 0 Å². The lowest BCUT2D eigenvalue weighted by molar-refractivity contribution is 1.47. The van der Waals surface area contributed by atoms with Gasteiger partial charge in [-0.1, -0.05) is 58.5 Å². The Morgan fingerprint density at radius 3 is 1.75 bits per heavy atom. The van der Waals surface area contributed by atoms with Gasteiger partial charge in [0.2, 0.25) is 0 Å². The highest BCUT2D eigenvalue weighted by atomic mass is 14.0. The normalized spacial score (nSPS) is 10.4. The molecule has 0 aromatic heterocycles. The van der Waals surface area contributed by atoms with Crippen LogP contribution in [0.3, 0.4) is 0 Å². The van der Waals surface area contributed by atoms with Gasteiger partial charge >= 0.3 is 0 Å². The Balaban J connectivity index is 2.52. The van der Waals surface area contributed by atoms with Crippen LogP contribution in [0.2, 0.25) is 0 Å². The van der Waals surface area contributed by atoms with Crippen LogP contribution in [0.15, 0.2) is 36.4 Å². The summed E-state index contributed by atoms with van der Waals surface area (Å²) in [6.07, 6.45) is 0. The zero-order valence-electron chi connectivity index (χ0n) is 10.5. The van der Waals surface area contributed by atoms with Crippen LogP contribution >= 0.6 is 0 Å². The molecule has 0 saturated carbocycles. The van der Waals surface area contributed by atoms with Crippen LogP contribution in [0.4, 0.5) is 0 Å². The summed E-state index contributed by atoms with van der Waals surface area (Å²) in [6.45, 7) is 4.30. The summed E-state index contributed by atoms with van der Waals surface area (Å²) < 4.78 is 0. The fourth-order valence-corrected chi connectivity index (χ4v) is 1.95. The van der Waals surface area contributed by atoms with Gasteiger partial charge < -0.3 is 0 Å². The van der Waals surface area contributed by atoms with Gasteiger partial charge in [-0.25, -0.2) is 0 Å². The summed E-state index contributed by atoms with van der Waals surface area (Å²) in [5, 5.41) is 0. The van der Waals surface area contributed by atoms with E-state index in [0.717, 1.165) is 0 Å². The number of rotatable bonds is 1. The van der Waals surface area contributed by atoms with Gasteiger partial charge in [0.15, 0.2) is 0 Å². The zero-order valence-corrected chi connectivity index (χ0v) is 10.5. The highest BCUT2D eigenvalue weighted by Crippen LogP contribution is 2.18. The summed E-state index contributed by atoms with van der Waals surface area (Å²) in [7, 11) is 4.36. The number of aryl methyl sites for hydroxylation is 1. The molecule has 0 fully saturated rings. The summed E-state index contributed by atoms with van der Waals surface area (Å²) >= 11 is 0. The molecule has 78 valence electrons. The summed E-state index contributed by atoms with van der Waals surface area (Å²) in [5.74, 6) is 0. The number of hydrogen-bond donors (Lipinski definition) is 0. The Morgan fingerprint density at radius 2 is 1.25 bits per heavy atom. The van der Waals surface area contributed by atoms with Crippen molar-refractivity contribution in [2.75, 3.05) is 0 Å². The largest absolute Gasteiger partial charge is 0.139 e. The van der Waals surface area contributed by atoms with Crippen LogP contribution in [-0.4, -0.2) is 15.7 Å². The number of benzene rings is 2. The number of hydrogen-bond acceptors (Lipinski definition) is 0. The average molecular weight is 206 g/mol. The minimum absolute atomic E-state index is 1.30. The lowest BCUT2D eigenvalue weighted by Gasteiger charge is -2.10. The van der Waals surface area contributed by atoms with Gasteiger partial charge in [0.05, 0.1) is 0 Å². The maximum Gasteiger partial charge on any atom is 0.139 e. The third-order valence-corrected chi connectivity index (χ3v) is 3.31. The predicted octanol–water partition coefficient (Wildman–Crippen LogP) is 0.487. The van der Waals surface area contributed by atoms with Crippen LogP contribution < -0.4 is 10.9 Å². The first kappa shape index (κ1) is 11.1. The Bertz CT molecular complexity index is 490. The van der Waals surface area contributed by atoms with Gasteiger partial charge in [0.1, 0.15) is 15.7 Å². The predicted molar refractivity (Wildman–Crippen MR) is 77.7 cm³/mol. The Labute approximate surface area is 99.5 Å². The first-order chi connectivity index (χ1) is 7.58. The molecule has 0 saturated heterocycles. The van der Waals surface area contributed by atoms with Crippen molar-refractivity contribution in [1.29, 1.82) is 0 Å². The minimum atomic E-state index is 1.30. The van der Waals surface area contributed by atoms with Crippen LogP contribution in [0.1, 0.15) is 11.1 Å². The first-order valence-electron chi connectivity index (χ1n) is 5.73. The molecule has 0 heterocycles. The molecular weight excluding hydrogens is 190 g/mol. The monoisotopic (exact) mass is 206 g/mol. The fourth-order valence-electron chi connectivity index (χ4n) is 1.95. The molecule has 0 bridgehead atoms. The molecule has 0 nitrogen and oxygen atoms in total. The van der Waals surface area contributed by atoms with E-state index in [1.807, 2.05) is 0 Å². The van der Waals surface area contributed by atoms with E-state index in [0.29, 0.717) is 0 Å². The summed E-state index contributed by atoms with van der Waals surface area (Å²) in [6, 6.07) is 13.3. The van der Waals surface area contributed by atoms with Gasteiger partial charge in [-0.15, -0.1) is 0 Å². The van der Waals surface area contributed by atoms with Crippen molar-refractivity contribution < 1.29 is 0 Å². The van der Waals surface area contributed by atoms with E-state index in [9.17, 15) is 0 Å². The van der Waals surface area contributed by atoms with Gasteiger partial charge in [-0.05, 0) is 25.0 Å². The zero-order chi connectivity index (χ0) is 11.7. The fraction of sp³-hybridized carbons (Fsp3) is 0.143. The van der Waals surface area contributed by atoms with Gasteiger partial charge in [-0.2, -0.15) is 0 Å². The molecule has 2 rings (SSSR count). The van der Waals surface area contributed by atoms with Gasteiger partial charge in [-0.3, -0.25) is 0 Å². The highest BCUT2D eigenvalue weighted by Gasteiger charge is 2.02. The smallest absolute Gasteiger partial charge is 0.0861 e. The van der Waals surface area contributed by atoms with E-state index >= 15 is 0 Å². The van der Waals surface area contributed by atoms with Crippen molar-refractivity contribution in [3.63, 3.8) is 0 Å². The molecule has 0 unspecified atom stereocenters.